The minimum absolute atomic E-state index is 0.636. The second kappa shape index (κ2) is 7.93. The lowest BCUT2D eigenvalue weighted by molar-refractivity contribution is 0.357. The van der Waals surface area contributed by atoms with E-state index in [2.05, 4.69) is 44.3 Å². The van der Waals surface area contributed by atoms with Gasteiger partial charge in [-0.15, -0.1) is 0 Å². The molecule has 1 aromatic carbocycles. The van der Waals surface area contributed by atoms with Crippen molar-refractivity contribution in [2.75, 3.05) is 13.2 Å². The lowest BCUT2D eigenvalue weighted by Gasteiger charge is -2.13. The number of hydrogen-bond donors (Lipinski definition) is 1. The van der Waals surface area contributed by atoms with Gasteiger partial charge in [0.25, 0.3) is 0 Å². The molecule has 0 fully saturated rings. The van der Waals surface area contributed by atoms with Gasteiger partial charge < -0.3 is 10.1 Å². The van der Waals surface area contributed by atoms with Gasteiger partial charge in [-0.25, -0.2) is 0 Å². The molecule has 0 saturated carbocycles. The molecular formula is C16H25NO. The van der Waals surface area contributed by atoms with Crippen LogP contribution in [0.5, 0.6) is 5.75 Å². The van der Waals surface area contributed by atoms with Crippen LogP contribution >= 0.6 is 0 Å². The van der Waals surface area contributed by atoms with E-state index in [9.17, 15) is 0 Å². The van der Waals surface area contributed by atoms with E-state index in [-0.39, 0.29) is 0 Å². The summed E-state index contributed by atoms with van der Waals surface area (Å²) >= 11 is 0. The van der Waals surface area contributed by atoms with Gasteiger partial charge >= 0.3 is 0 Å². The number of ether oxygens (including phenoxy) is 1. The van der Waals surface area contributed by atoms with Gasteiger partial charge in [-0.2, -0.15) is 0 Å². The van der Waals surface area contributed by atoms with E-state index in [0.29, 0.717) is 12.5 Å². The maximum Gasteiger partial charge on any atom is 0.124 e. The van der Waals surface area contributed by atoms with Crippen LogP contribution < -0.4 is 10.1 Å². The molecule has 2 nitrogen and oxygen atoms in total. The van der Waals surface area contributed by atoms with E-state index < -0.39 is 0 Å². The summed E-state index contributed by atoms with van der Waals surface area (Å²) in [6.07, 6.45) is 4.02. The largest absolute Gasteiger partial charge is 0.489 e. The predicted molar refractivity (Wildman–Crippen MR) is 78.0 cm³/mol. The Morgan fingerprint density at radius 2 is 2.11 bits per heavy atom. The number of allylic oxidation sites excluding steroid dienone is 1. The predicted octanol–water partition coefficient (Wildman–Crippen LogP) is 3.70. The van der Waals surface area contributed by atoms with Crippen LogP contribution in [0.15, 0.2) is 30.4 Å². The van der Waals surface area contributed by atoms with E-state index in [1.54, 1.807) is 0 Å². The molecule has 0 aliphatic carbocycles. The zero-order valence-corrected chi connectivity index (χ0v) is 12.0. The first-order valence-corrected chi connectivity index (χ1v) is 6.67. The first-order chi connectivity index (χ1) is 8.63. The first-order valence-electron chi connectivity index (χ1n) is 6.67. The molecule has 0 radical (unpaired) electrons. The number of benzene rings is 1. The fraction of sp³-hybridized carbons (Fsp3) is 0.500. The average molecular weight is 247 g/mol. The fourth-order valence-corrected chi connectivity index (χ4v) is 1.72. The zero-order chi connectivity index (χ0) is 13.4. The maximum atomic E-state index is 5.76. The Hall–Kier alpha value is -1.28. The van der Waals surface area contributed by atoms with Crippen LogP contribution in [0.4, 0.5) is 0 Å². The molecule has 0 spiro atoms. The fourth-order valence-electron chi connectivity index (χ4n) is 1.72. The topological polar surface area (TPSA) is 21.3 Å². The summed E-state index contributed by atoms with van der Waals surface area (Å²) in [5, 5.41) is 3.46. The highest BCUT2D eigenvalue weighted by Crippen LogP contribution is 2.20. The van der Waals surface area contributed by atoms with Gasteiger partial charge in [-0.05, 0) is 32.4 Å². The second-order valence-corrected chi connectivity index (χ2v) is 5.02. The molecule has 1 N–H and O–H groups in total. The summed E-state index contributed by atoms with van der Waals surface area (Å²) in [4.78, 5) is 0. The Morgan fingerprint density at radius 1 is 1.33 bits per heavy atom. The van der Waals surface area contributed by atoms with Crippen molar-refractivity contribution in [1.29, 1.82) is 0 Å². The Balaban J connectivity index is 2.64. The van der Waals surface area contributed by atoms with E-state index in [0.717, 1.165) is 18.8 Å². The minimum Gasteiger partial charge on any atom is -0.489 e. The Labute approximate surface area is 111 Å². The Morgan fingerprint density at radius 3 is 2.78 bits per heavy atom. The SMILES string of the molecule is CC=CCOc1ccc(C)cc1CNCC(C)C. The normalized spacial score (nSPS) is 11.4. The lowest BCUT2D eigenvalue weighted by Crippen LogP contribution is -2.19. The van der Waals surface area contributed by atoms with Crippen LogP contribution in [0.3, 0.4) is 0 Å². The smallest absolute Gasteiger partial charge is 0.124 e. The van der Waals surface area contributed by atoms with Crippen molar-refractivity contribution in [2.45, 2.75) is 34.2 Å². The molecule has 100 valence electrons. The summed E-state index contributed by atoms with van der Waals surface area (Å²) in [5.41, 5.74) is 2.51. The van der Waals surface area contributed by atoms with Gasteiger partial charge in [0, 0.05) is 12.1 Å². The van der Waals surface area contributed by atoms with Gasteiger partial charge in [0.15, 0.2) is 0 Å². The molecule has 0 aliphatic heterocycles. The molecule has 0 amide bonds. The van der Waals surface area contributed by atoms with Crippen LogP contribution in [0, 0.1) is 12.8 Å². The molecule has 0 saturated heterocycles. The van der Waals surface area contributed by atoms with Crippen LogP contribution in [0.1, 0.15) is 31.9 Å². The van der Waals surface area contributed by atoms with Gasteiger partial charge in [-0.3, -0.25) is 0 Å². The summed E-state index contributed by atoms with van der Waals surface area (Å²) in [6.45, 7) is 11.1. The van der Waals surface area contributed by atoms with Gasteiger partial charge in [0.2, 0.25) is 0 Å². The average Bonchev–Trinajstić information content (AvgIpc) is 2.31. The van der Waals surface area contributed by atoms with Crippen LogP contribution in [0.25, 0.3) is 0 Å². The summed E-state index contributed by atoms with van der Waals surface area (Å²) < 4.78 is 5.76. The van der Waals surface area contributed by atoms with Crippen molar-refractivity contribution in [3.8, 4) is 5.75 Å². The van der Waals surface area contributed by atoms with Gasteiger partial charge in [0.05, 0.1) is 0 Å². The number of hydrogen-bond acceptors (Lipinski definition) is 2. The van der Waals surface area contributed by atoms with Crippen LogP contribution in [-0.4, -0.2) is 13.2 Å². The highest BCUT2D eigenvalue weighted by atomic mass is 16.5. The quantitative estimate of drug-likeness (QED) is 0.742. The minimum atomic E-state index is 0.636. The Bertz CT molecular complexity index is 383. The number of nitrogens with one attached hydrogen (secondary N) is 1. The second-order valence-electron chi connectivity index (χ2n) is 5.02. The molecule has 2 heteroatoms. The van der Waals surface area contributed by atoms with E-state index in [1.807, 2.05) is 19.1 Å². The van der Waals surface area contributed by atoms with Crippen molar-refractivity contribution in [3.05, 3.63) is 41.5 Å². The van der Waals surface area contributed by atoms with Gasteiger partial charge in [0.1, 0.15) is 12.4 Å². The molecule has 1 aromatic rings. The van der Waals surface area contributed by atoms with Crippen LogP contribution in [0.2, 0.25) is 0 Å². The molecule has 18 heavy (non-hydrogen) atoms. The first kappa shape index (κ1) is 14.8. The van der Waals surface area contributed by atoms with Gasteiger partial charge in [-0.1, -0.05) is 43.7 Å². The molecule has 0 aromatic heterocycles. The van der Waals surface area contributed by atoms with Crippen molar-refractivity contribution < 1.29 is 4.74 Å². The third-order valence-electron chi connectivity index (χ3n) is 2.65. The molecule has 0 atom stereocenters. The lowest BCUT2D eigenvalue weighted by atomic mass is 10.1. The summed E-state index contributed by atoms with van der Waals surface area (Å²) in [5.74, 6) is 1.65. The molecule has 1 rings (SSSR count). The summed E-state index contributed by atoms with van der Waals surface area (Å²) in [6, 6.07) is 6.35. The standard InChI is InChI=1S/C16H25NO/c1-5-6-9-18-16-8-7-14(4)10-15(16)12-17-11-13(2)3/h5-8,10,13,17H,9,11-12H2,1-4H3. The van der Waals surface area contributed by atoms with E-state index in [1.165, 1.54) is 11.1 Å². The van der Waals surface area contributed by atoms with Crippen molar-refractivity contribution >= 4 is 0 Å². The summed E-state index contributed by atoms with van der Waals surface area (Å²) in [7, 11) is 0. The third kappa shape index (κ3) is 5.37. The molecule has 0 bridgehead atoms. The third-order valence-corrected chi connectivity index (χ3v) is 2.65. The van der Waals surface area contributed by atoms with Crippen LogP contribution in [-0.2, 0) is 6.54 Å². The number of aryl methyl sites for hydroxylation is 1. The van der Waals surface area contributed by atoms with E-state index in [4.69, 9.17) is 4.74 Å². The molecular weight excluding hydrogens is 222 g/mol. The molecule has 0 aliphatic rings. The number of rotatable bonds is 7. The molecule has 0 unspecified atom stereocenters. The van der Waals surface area contributed by atoms with Crippen molar-refractivity contribution in [3.63, 3.8) is 0 Å². The molecule has 0 heterocycles. The van der Waals surface area contributed by atoms with Crippen molar-refractivity contribution in [1.82, 2.24) is 5.32 Å². The monoisotopic (exact) mass is 247 g/mol. The maximum absolute atomic E-state index is 5.76. The highest BCUT2D eigenvalue weighted by Gasteiger charge is 2.04. The highest BCUT2D eigenvalue weighted by molar-refractivity contribution is 5.37. The Kier molecular flexibility index (Phi) is 6.51. The zero-order valence-electron chi connectivity index (χ0n) is 12.0. The van der Waals surface area contributed by atoms with E-state index >= 15 is 0 Å². The van der Waals surface area contributed by atoms with Crippen molar-refractivity contribution in [2.24, 2.45) is 5.92 Å².